The highest BCUT2D eigenvalue weighted by molar-refractivity contribution is 6.13. The normalized spacial score (nSPS) is 19.4. The van der Waals surface area contributed by atoms with E-state index in [4.69, 9.17) is 37.9 Å². The highest BCUT2D eigenvalue weighted by Gasteiger charge is 2.57. The fourth-order valence-electron chi connectivity index (χ4n) is 7.52. The van der Waals surface area contributed by atoms with Crippen LogP contribution in [0.4, 0.5) is 8.78 Å². The Kier molecular flexibility index (Phi) is 26.6. The van der Waals surface area contributed by atoms with Gasteiger partial charge in [0.25, 0.3) is 24.0 Å². The van der Waals surface area contributed by atoms with E-state index in [1.807, 2.05) is 0 Å². The van der Waals surface area contributed by atoms with Crippen molar-refractivity contribution >= 4 is 41.5 Å². The fraction of sp³-hybridized carbons (Fsp3) is 0.638. The van der Waals surface area contributed by atoms with Crippen LogP contribution >= 0.6 is 0 Å². The molecule has 27 heteroatoms. The summed E-state index contributed by atoms with van der Waals surface area (Å²) < 4.78 is 72.2. The van der Waals surface area contributed by atoms with Gasteiger partial charge >= 0.3 is 11.9 Å². The Hall–Kier alpha value is -5.91. The molecule has 3 heterocycles. The zero-order valence-electron chi connectivity index (χ0n) is 41.4. The Labute approximate surface area is 425 Å². The number of hydrogen-bond donors (Lipinski definition) is 6. The van der Waals surface area contributed by atoms with E-state index >= 15 is 0 Å². The molecule has 0 aliphatic carbocycles. The van der Waals surface area contributed by atoms with Crippen LogP contribution in [0.3, 0.4) is 0 Å². The molecule has 2 aromatic rings. The van der Waals surface area contributed by atoms with Gasteiger partial charge < -0.3 is 69.2 Å². The highest BCUT2D eigenvalue weighted by Crippen LogP contribution is 2.36. The maximum atomic E-state index is 13.4. The molecule has 6 N–H and O–H groups in total. The first-order valence-corrected chi connectivity index (χ1v) is 24.0. The summed E-state index contributed by atoms with van der Waals surface area (Å²) in [7, 11) is 1.05. The lowest BCUT2D eigenvalue weighted by Crippen LogP contribution is -2.69. The predicted molar refractivity (Wildman–Crippen MR) is 249 cm³/mol. The third-order valence-corrected chi connectivity index (χ3v) is 11.3. The van der Waals surface area contributed by atoms with Crippen molar-refractivity contribution in [2.75, 3.05) is 86.2 Å². The van der Waals surface area contributed by atoms with Crippen molar-refractivity contribution in [3.05, 3.63) is 59.4 Å². The predicted octanol–water partition coefficient (Wildman–Crippen LogP) is -1.06. The number of aryl methyl sites for hydroxylation is 1. The van der Waals surface area contributed by atoms with E-state index in [9.17, 15) is 57.7 Å². The lowest BCUT2D eigenvalue weighted by molar-refractivity contribution is -0.312. The van der Waals surface area contributed by atoms with Gasteiger partial charge in [-0.05, 0) is 18.4 Å². The molecule has 0 spiro atoms. The smallest absolute Gasteiger partial charge is 0.366 e. The SMILES string of the molecule is COC(=O)[C@@]1(OCCCCCCn2cc(COCCOCCOCCOCCNC(=O)CCN3C(=O)C=CC3=O)nn2)C[C@H](OC(C)=O)[C@@H](NC(=O)CO)[C@H]([C@H](O)[C@H](O)CNC(=O)Cc2ccc(C(F)F)cc2)O1. The number of alkyl halides is 2. The van der Waals surface area contributed by atoms with Crippen LogP contribution in [0.5, 0.6) is 0 Å². The van der Waals surface area contributed by atoms with Crippen LogP contribution in [-0.2, 0) is 91.0 Å². The first-order chi connectivity index (χ1) is 35.5. The summed E-state index contributed by atoms with van der Waals surface area (Å²) in [5.74, 6) is -7.00. The summed E-state index contributed by atoms with van der Waals surface area (Å²) in [6, 6.07) is 3.59. The van der Waals surface area contributed by atoms with Crippen LogP contribution in [-0.4, -0.2) is 199 Å². The Morgan fingerprint density at radius 3 is 2.12 bits per heavy atom. The molecule has 0 bridgehead atoms. The molecule has 74 heavy (non-hydrogen) atoms. The first kappa shape index (κ1) is 60.6. The van der Waals surface area contributed by atoms with Crippen molar-refractivity contribution in [1.82, 2.24) is 35.8 Å². The molecule has 1 aromatic heterocycles. The molecule has 0 radical (unpaired) electrons. The van der Waals surface area contributed by atoms with E-state index in [2.05, 4.69) is 26.3 Å². The molecular formula is C47H67F2N7O18. The molecule has 4 rings (SSSR count). The molecule has 2 aliphatic rings. The second-order valence-corrected chi connectivity index (χ2v) is 16.9. The van der Waals surface area contributed by atoms with E-state index in [0.29, 0.717) is 83.1 Å². The molecule has 1 fully saturated rings. The minimum Gasteiger partial charge on any atom is -0.465 e. The largest absolute Gasteiger partial charge is 0.465 e. The molecule has 412 valence electrons. The van der Waals surface area contributed by atoms with E-state index < -0.39 is 97.8 Å². The highest BCUT2D eigenvalue weighted by atomic mass is 19.3. The van der Waals surface area contributed by atoms with Crippen molar-refractivity contribution in [1.29, 1.82) is 0 Å². The lowest BCUT2D eigenvalue weighted by atomic mass is 9.88. The third kappa shape index (κ3) is 20.8. The number of rotatable bonds is 36. The zero-order valence-corrected chi connectivity index (χ0v) is 41.4. The number of carbonyl (C=O) groups is 7. The van der Waals surface area contributed by atoms with Gasteiger partial charge in [0, 0.05) is 57.2 Å². The van der Waals surface area contributed by atoms with Gasteiger partial charge in [0.1, 0.15) is 30.6 Å². The number of hydrogen-bond acceptors (Lipinski definition) is 20. The van der Waals surface area contributed by atoms with Gasteiger partial charge in [-0.3, -0.25) is 38.3 Å². The average molecular weight is 1060 g/mol. The number of imide groups is 1. The quantitative estimate of drug-likeness (QED) is 0.0269. The summed E-state index contributed by atoms with van der Waals surface area (Å²) in [5, 5.41) is 47.8. The number of esters is 2. The maximum absolute atomic E-state index is 13.4. The molecule has 5 amide bonds. The van der Waals surface area contributed by atoms with Gasteiger partial charge in [-0.25, -0.2) is 13.6 Å². The number of aliphatic hydroxyl groups is 3. The molecule has 2 aliphatic heterocycles. The van der Waals surface area contributed by atoms with Crippen molar-refractivity contribution in [3.63, 3.8) is 0 Å². The van der Waals surface area contributed by atoms with E-state index in [1.54, 1.807) is 10.9 Å². The molecule has 1 aromatic carbocycles. The van der Waals surface area contributed by atoms with Gasteiger partial charge in [-0.2, -0.15) is 0 Å². The number of halogens is 2. The van der Waals surface area contributed by atoms with Crippen LogP contribution < -0.4 is 16.0 Å². The summed E-state index contributed by atoms with van der Waals surface area (Å²) in [4.78, 5) is 86.8. The number of aromatic nitrogens is 3. The molecule has 1 saturated heterocycles. The second-order valence-electron chi connectivity index (χ2n) is 16.9. The molecule has 0 unspecified atom stereocenters. The number of aliphatic hydroxyl groups excluding tert-OH is 3. The van der Waals surface area contributed by atoms with Crippen molar-refractivity contribution in [2.24, 2.45) is 0 Å². The minimum atomic E-state index is -2.69. The van der Waals surface area contributed by atoms with Gasteiger partial charge in [-0.15, -0.1) is 5.10 Å². The second kappa shape index (κ2) is 32.4. The molecular weight excluding hydrogens is 989 g/mol. The van der Waals surface area contributed by atoms with Crippen molar-refractivity contribution in [2.45, 2.75) is 108 Å². The maximum Gasteiger partial charge on any atom is 0.366 e. The van der Waals surface area contributed by atoms with Crippen LogP contribution in [0.1, 0.15) is 68.7 Å². The van der Waals surface area contributed by atoms with Crippen LogP contribution in [0.2, 0.25) is 0 Å². The Balaban J connectivity index is 1.12. The van der Waals surface area contributed by atoms with E-state index in [1.165, 1.54) is 36.4 Å². The molecule has 0 saturated carbocycles. The lowest BCUT2D eigenvalue weighted by Gasteiger charge is -2.47. The van der Waals surface area contributed by atoms with Gasteiger partial charge in [0.15, 0.2) is 0 Å². The summed E-state index contributed by atoms with van der Waals surface area (Å²) >= 11 is 0. The Bertz CT molecular complexity index is 2120. The number of benzene rings is 1. The standard InChI is InChI=1S/C47H67F2N7O18/c1-31(58)73-36-26-47(46(66)67-2,74-44(42(36)52-39(62)29-57)43(65)35(59)27-51-38(61)25-32-7-9-33(10-8-32)45(48)49)72-17-6-4-3-5-15-55-28-34(53-54-55)30-71-24-23-70-22-21-69-20-19-68-18-14-50-37(60)13-16-56-40(63)11-12-41(56)64/h7-12,28,35-36,42-45,57,59,65H,3-6,13-27,29-30H2,1-2H3,(H,50,60)(H,51,61)(H,52,62)/t35-,36+,42-,43-,44-,47-/m1/s1. The summed E-state index contributed by atoms with van der Waals surface area (Å²) in [6.45, 7) is 2.71. The number of nitrogens with one attached hydrogen (secondary N) is 3. The third-order valence-electron chi connectivity index (χ3n) is 11.3. The monoisotopic (exact) mass is 1060 g/mol. The topological polar surface area (TPSA) is 324 Å². The first-order valence-electron chi connectivity index (χ1n) is 24.0. The summed E-state index contributed by atoms with van der Waals surface area (Å²) in [6.07, 6.45) is -3.94. The number of ether oxygens (including phenoxy) is 8. The van der Waals surface area contributed by atoms with Crippen LogP contribution in [0.15, 0.2) is 42.6 Å². The number of carbonyl (C=O) groups excluding carboxylic acids is 7. The number of amides is 5. The Morgan fingerprint density at radius 1 is 0.838 bits per heavy atom. The van der Waals surface area contributed by atoms with Crippen molar-refractivity contribution in [3.8, 4) is 0 Å². The van der Waals surface area contributed by atoms with E-state index in [-0.39, 0.29) is 57.2 Å². The van der Waals surface area contributed by atoms with Gasteiger partial charge in [0.05, 0.1) is 97.8 Å². The fourth-order valence-corrected chi connectivity index (χ4v) is 7.52. The Morgan fingerprint density at radius 2 is 1.49 bits per heavy atom. The number of nitrogens with zero attached hydrogens (tertiary/aromatic N) is 4. The summed E-state index contributed by atoms with van der Waals surface area (Å²) in [5.41, 5.74) is 0.790. The number of unbranched alkanes of at least 4 members (excludes halogenated alkanes) is 3. The van der Waals surface area contributed by atoms with Gasteiger partial charge in [0.2, 0.25) is 17.7 Å². The number of methoxy groups -OCH3 is 1. The molecule has 25 nitrogen and oxygen atoms in total. The minimum absolute atomic E-state index is 0.00817. The van der Waals surface area contributed by atoms with Crippen LogP contribution in [0.25, 0.3) is 0 Å². The zero-order chi connectivity index (χ0) is 53.9. The van der Waals surface area contributed by atoms with Crippen LogP contribution in [0, 0.1) is 0 Å². The van der Waals surface area contributed by atoms with Crippen molar-refractivity contribution < 1.29 is 95.6 Å². The average Bonchev–Trinajstić information content (AvgIpc) is 3.98. The van der Waals surface area contributed by atoms with E-state index in [0.717, 1.165) is 18.9 Å². The molecule has 6 atom stereocenters. The van der Waals surface area contributed by atoms with Gasteiger partial charge in [-0.1, -0.05) is 42.3 Å².